The molecule has 7 heteroatoms. The van der Waals surface area contributed by atoms with Crippen LogP contribution in [0, 0.1) is 0 Å². The molecule has 0 aliphatic carbocycles. The van der Waals surface area contributed by atoms with Gasteiger partial charge in [0.05, 0.1) is 25.8 Å². The molecule has 1 aromatic heterocycles. The SMILES string of the molecule is COC(=O)C1=C(Nc2ccccc2-c2ccsc2)C(=O)N(CCO)C1. The molecule has 1 amide bonds. The van der Waals surface area contributed by atoms with Crippen molar-refractivity contribution in [3.63, 3.8) is 0 Å². The predicted octanol–water partition coefficient (Wildman–Crippen LogP) is 2.09. The number of carbonyl (C=O) groups excluding carboxylic acids is 2. The van der Waals surface area contributed by atoms with Crippen molar-refractivity contribution in [2.45, 2.75) is 0 Å². The second kappa shape index (κ2) is 7.50. The number of aliphatic hydroxyl groups is 1. The minimum absolute atomic E-state index is 0.120. The number of hydrogen-bond donors (Lipinski definition) is 2. The summed E-state index contributed by atoms with van der Waals surface area (Å²) in [7, 11) is 1.28. The van der Waals surface area contributed by atoms with Crippen LogP contribution in [-0.4, -0.2) is 48.7 Å². The fraction of sp³-hybridized carbons (Fsp3) is 0.222. The standard InChI is InChI=1S/C18H18N2O4S/c1-24-18(23)14-10-20(7-8-21)17(22)16(14)19-15-5-3-2-4-13(15)12-6-9-25-11-12/h2-6,9,11,19,21H,7-8,10H2,1H3. The number of nitrogens with one attached hydrogen (secondary N) is 1. The van der Waals surface area contributed by atoms with E-state index >= 15 is 0 Å². The number of benzene rings is 1. The van der Waals surface area contributed by atoms with Gasteiger partial charge in [0, 0.05) is 17.8 Å². The van der Waals surface area contributed by atoms with Crippen molar-refractivity contribution in [3.05, 3.63) is 52.4 Å². The molecule has 2 N–H and O–H groups in total. The van der Waals surface area contributed by atoms with Crippen LogP contribution in [0.5, 0.6) is 0 Å². The van der Waals surface area contributed by atoms with Gasteiger partial charge in [0.25, 0.3) is 5.91 Å². The fourth-order valence-electron chi connectivity index (χ4n) is 2.75. The van der Waals surface area contributed by atoms with Crippen molar-refractivity contribution in [2.75, 3.05) is 32.1 Å². The number of anilines is 1. The van der Waals surface area contributed by atoms with Crippen molar-refractivity contribution >= 4 is 28.9 Å². The molecule has 25 heavy (non-hydrogen) atoms. The van der Waals surface area contributed by atoms with E-state index < -0.39 is 5.97 Å². The summed E-state index contributed by atoms with van der Waals surface area (Å²) >= 11 is 1.59. The number of rotatable bonds is 6. The molecule has 130 valence electrons. The first-order valence-corrected chi connectivity index (χ1v) is 8.70. The summed E-state index contributed by atoms with van der Waals surface area (Å²) in [5.41, 5.74) is 3.17. The van der Waals surface area contributed by atoms with Crippen molar-refractivity contribution in [1.29, 1.82) is 0 Å². The summed E-state index contributed by atoms with van der Waals surface area (Å²) in [6.45, 7) is 0.116. The highest BCUT2D eigenvalue weighted by atomic mass is 32.1. The predicted molar refractivity (Wildman–Crippen MR) is 96.1 cm³/mol. The first-order valence-electron chi connectivity index (χ1n) is 7.76. The Morgan fingerprint density at radius 3 is 2.84 bits per heavy atom. The van der Waals surface area contributed by atoms with Crippen molar-refractivity contribution < 1.29 is 19.4 Å². The average molecular weight is 358 g/mol. The molecular formula is C18H18N2O4S. The molecule has 1 aromatic carbocycles. The lowest BCUT2D eigenvalue weighted by Crippen LogP contribution is -2.31. The Labute approximate surface area is 149 Å². The van der Waals surface area contributed by atoms with E-state index in [1.807, 2.05) is 41.1 Å². The van der Waals surface area contributed by atoms with Gasteiger partial charge in [-0.1, -0.05) is 18.2 Å². The minimum Gasteiger partial charge on any atom is -0.466 e. The highest BCUT2D eigenvalue weighted by Crippen LogP contribution is 2.32. The molecule has 0 atom stereocenters. The number of para-hydroxylation sites is 1. The Morgan fingerprint density at radius 2 is 2.16 bits per heavy atom. The van der Waals surface area contributed by atoms with Crippen molar-refractivity contribution in [3.8, 4) is 11.1 Å². The third-order valence-electron chi connectivity index (χ3n) is 3.97. The molecule has 0 saturated carbocycles. The van der Waals surface area contributed by atoms with Gasteiger partial charge < -0.3 is 20.1 Å². The number of ether oxygens (including phenoxy) is 1. The van der Waals surface area contributed by atoms with E-state index in [2.05, 4.69) is 5.32 Å². The Bertz CT molecular complexity index is 814. The van der Waals surface area contributed by atoms with E-state index in [9.17, 15) is 9.59 Å². The molecule has 1 aliphatic rings. The lowest BCUT2D eigenvalue weighted by atomic mass is 10.1. The number of esters is 1. The van der Waals surface area contributed by atoms with Gasteiger partial charge in [0.1, 0.15) is 5.70 Å². The number of amides is 1. The van der Waals surface area contributed by atoms with Gasteiger partial charge >= 0.3 is 5.97 Å². The number of aliphatic hydroxyl groups excluding tert-OH is 1. The zero-order valence-electron chi connectivity index (χ0n) is 13.7. The largest absolute Gasteiger partial charge is 0.466 e. The second-order valence-corrected chi connectivity index (χ2v) is 6.26. The summed E-state index contributed by atoms with van der Waals surface area (Å²) in [6, 6.07) is 9.59. The molecule has 0 spiro atoms. The van der Waals surface area contributed by atoms with Crippen LogP contribution in [0.25, 0.3) is 11.1 Å². The Kier molecular flexibility index (Phi) is 5.16. The Hall–Kier alpha value is -2.64. The quantitative estimate of drug-likeness (QED) is 0.773. The number of hydrogen-bond acceptors (Lipinski definition) is 6. The second-order valence-electron chi connectivity index (χ2n) is 5.48. The number of carbonyl (C=O) groups is 2. The van der Waals surface area contributed by atoms with Crippen molar-refractivity contribution in [2.24, 2.45) is 0 Å². The van der Waals surface area contributed by atoms with Crippen LogP contribution in [-0.2, 0) is 14.3 Å². The van der Waals surface area contributed by atoms with E-state index in [1.54, 1.807) is 11.3 Å². The molecule has 0 bridgehead atoms. The summed E-state index contributed by atoms with van der Waals surface area (Å²) in [5.74, 6) is -0.876. The highest BCUT2D eigenvalue weighted by molar-refractivity contribution is 7.08. The van der Waals surface area contributed by atoms with Gasteiger partial charge in [-0.2, -0.15) is 11.3 Å². The normalized spacial score (nSPS) is 14.2. The minimum atomic E-state index is -0.552. The van der Waals surface area contributed by atoms with E-state index in [1.165, 1.54) is 12.0 Å². The molecule has 3 rings (SSSR count). The molecular weight excluding hydrogens is 340 g/mol. The highest BCUT2D eigenvalue weighted by Gasteiger charge is 2.34. The van der Waals surface area contributed by atoms with Crippen LogP contribution in [0.15, 0.2) is 52.4 Å². The van der Waals surface area contributed by atoms with Gasteiger partial charge in [-0.05, 0) is 28.5 Å². The van der Waals surface area contributed by atoms with Crippen LogP contribution in [0.2, 0.25) is 0 Å². The average Bonchev–Trinajstić information content (AvgIpc) is 3.26. The fourth-order valence-corrected chi connectivity index (χ4v) is 3.40. The molecule has 2 heterocycles. The van der Waals surface area contributed by atoms with Crippen LogP contribution in [0.4, 0.5) is 5.69 Å². The van der Waals surface area contributed by atoms with E-state index in [0.29, 0.717) is 0 Å². The molecule has 2 aromatic rings. The van der Waals surface area contributed by atoms with Crippen LogP contribution >= 0.6 is 11.3 Å². The summed E-state index contributed by atoms with van der Waals surface area (Å²) in [5, 5.41) is 16.2. The van der Waals surface area contributed by atoms with Crippen LogP contribution in [0.3, 0.4) is 0 Å². The first-order chi connectivity index (χ1) is 12.2. The Morgan fingerprint density at radius 1 is 1.36 bits per heavy atom. The zero-order valence-corrected chi connectivity index (χ0v) is 14.5. The maximum atomic E-state index is 12.6. The maximum absolute atomic E-state index is 12.6. The van der Waals surface area contributed by atoms with Gasteiger partial charge in [-0.3, -0.25) is 4.79 Å². The monoisotopic (exact) mass is 358 g/mol. The molecule has 0 radical (unpaired) electrons. The van der Waals surface area contributed by atoms with Gasteiger partial charge in [0.15, 0.2) is 0 Å². The van der Waals surface area contributed by atoms with Gasteiger partial charge in [0.2, 0.25) is 0 Å². The summed E-state index contributed by atoms with van der Waals surface area (Å²) < 4.78 is 4.80. The van der Waals surface area contributed by atoms with E-state index in [-0.39, 0.29) is 36.9 Å². The summed E-state index contributed by atoms with van der Waals surface area (Å²) in [6.07, 6.45) is 0. The van der Waals surface area contributed by atoms with Crippen LogP contribution in [0.1, 0.15) is 0 Å². The van der Waals surface area contributed by atoms with Crippen molar-refractivity contribution in [1.82, 2.24) is 4.90 Å². The number of nitrogens with zero attached hydrogens (tertiary/aromatic N) is 1. The third kappa shape index (κ3) is 3.42. The lowest BCUT2D eigenvalue weighted by Gasteiger charge is -2.16. The zero-order chi connectivity index (χ0) is 17.8. The first kappa shape index (κ1) is 17.2. The number of β-amino-alcohol motifs (C(OH)–C–C–N with tert-alkyl or cyclic N) is 1. The number of methoxy groups -OCH3 is 1. The van der Waals surface area contributed by atoms with Crippen LogP contribution < -0.4 is 5.32 Å². The molecule has 0 fully saturated rings. The van der Waals surface area contributed by atoms with Gasteiger partial charge in [-0.15, -0.1) is 0 Å². The Balaban J connectivity index is 1.97. The molecule has 1 aliphatic heterocycles. The third-order valence-corrected chi connectivity index (χ3v) is 4.66. The molecule has 0 unspecified atom stereocenters. The smallest absolute Gasteiger partial charge is 0.337 e. The molecule has 6 nitrogen and oxygen atoms in total. The van der Waals surface area contributed by atoms with Gasteiger partial charge in [-0.25, -0.2) is 4.79 Å². The number of thiophene rings is 1. The maximum Gasteiger partial charge on any atom is 0.337 e. The van der Waals surface area contributed by atoms with E-state index in [4.69, 9.17) is 9.84 Å². The summed E-state index contributed by atoms with van der Waals surface area (Å²) in [4.78, 5) is 26.1. The topological polar surface area (TPSA) is 78.9 Å². The van der Waals surface area contributed by atoms with E-state index in [0.717, 1.165) is 16.8 Å². The lowest BCUT2D eigenvalue weighted by molar-refractivity contribution is -0.136. The molecule has 0 saturated heterocycles.